The Kier molecular flexibility index (Phi) is 5.98. The third-order valence-corrected chi connectivity index (χ3v) is 12.7. The minimum absolute atomic E-state index is 1.22. The fourth-order valence-electron chi connectivity index (χ4n) is 10.1. The van der Waals surface area contributed by atoms with Crippen LogP contribution >= 0.6 is 0 Å². The first kappa shape index (κ1) is 30.1. The number of rotatable bonds is 3. The summed E-state index contributed by atoms with van der Waals surface area (Å²) in [6.07, 6.45) is 0. The van der Waals surface area contributed by atoms with E-state index in [4.69, 9.17) is 0 Å². The molecule has 2 aliphatic carbocycles. The molecular formula is C56H32. The first-order chi connectivity index (χ1) is 27.7. The molecule has 0 heteroatoms. The van der Waals surface area contributed by atoms with Crippen molar-refractivity contribution in [2.45, 2.75) is 0 Å². The smallest absolute Gasteiger partial charge is 0.00264 e. The van der Waals surface area contributed by atoms with Gasteiger partial charge < -0.3 is 0 Å². The van der Waals surface area contributed by atoms with Crippen molar-refractivity contribution in [3.8, 4) is 77.9 Å². The van der Waals surface area contributed by atoms with E-state index in [0.29, 0.717) is 0 Å². The molecule has 0 N–H and O–H groups in total. The molecule has 0 bridgehead atoms. The van der Waals surface area contributed by atoms with Crippen molar-refractivity contribution in [2.75, 3.05) is 0 Å². The summed E-state index contributed by atoms with van der Waals surface area (Å²) in [5, 5.41) is 13.0. The molecular weight excluding hydrogens is 673 g/mol. The number of benzene rings is 11. The third-order valence-electron chi connectivity index (χ3n) is 12.7. The van der Waals surface area contributed by atoms with Crippen molar-refractivity contribution in [1.82, 2.24) is 0 Å². The molecule has 0 fully saturated rings. The zero-order valence-electron chi connectivity index (χ0n) is 30.5. The highest BCUT2D eigenvalue weighted by molar-refractivity contribution is 6.27. The molecule has 0 spiro atoms. The molecule has 0 unspecified atom stereocenters. The summed E-state index contributed by atoms with van der Waals surface area (Å²) in [6, 6.07) is 73.0. The van der Waals surface area contributed by atoms with Crippen molar-refractivity contribution in [3.63, 3.8) is 0 Å². The maximum atomic E-state index is 2.50. The Labute approximate surface area is 324 Å². The summed E-state index contributed by atoms with van der Waals surface area (Å²) in [7, 11) is 0. The van der Waals surface area contributed by atoms with Crippen LogP contribution in [0.4, 0.5) is 0 Å². The van der Waals surface area contributed by atoms with Gasteiger partial charge in [-0.25, -0.2) is 0 Å². The van der Waals surface area contributed by atoms with Gasteiger partial charge in [0.2, 0.25) is 0 Å². The van der Waals surface area contributed by atoms with Gasteiger partial charge in [0.15, 0.2) is 0 Å². The molecule has 11 aromatic rings. The third kappa shape index (κ3) is 4.13. The molecule has 11 aromatic carbocycles. The van der Waals surface area contributed by atoms with Gasteiger partial charge in [-0.15, -0.1) is 0 Å². The van der Waals surface area contributed by atoms with E-state index >= 15 is 0 Å². The first-order valence-corrected chi connectivity index (χ1v) is 19.6. The van der Waals surface area contributed by atoms with E-state index in [0.717, 1.165) is 0 Å². The molecule has 0 nitrogen and oxygen atoms in total. The van der Waals surface area contributed by atoms with Crippen molar-refractivity contribution in [3.05, 3.63) is 194 Å². The molecule has 0 heterocycles. The zero-order chi connectivity index (χ0) is 36.5. The molecule has 0 saturated heterocycles. The van der Waals surface area contributed by atoms with Crippen LogP contribution in [0.2, 0.25) is 0 Å². The van der Waals surface area contributed by atoms with Crippen molar-refractivity contribution in [1.29, 1.82) is 0 Å². The van der Waals surface area contributed by atoms with E-state index in [2.05, 4.69) is 194 Å². The van der Waals surface area contributed by atoms with Gasteiger partial charge in [0.05, 0.1) is 0 Å². The second-order valence-corrected chi connectivity index (χ2v) is 15.6. The normalized spacial score (nSPS) is 12.3. The number of hydrogen-bond donors (Lipinski definition) is 0. The first-order valence-electron chi connectivity index (χ1n) is 19.6. The number of fused-ring (bicyclic) bond motifs is 11. The van der Waals surface area contributed by atoms with Gasteiger partial charge in [0.1, 0.15) is 0 Å². The molecule has 0 saturated carbocycles. The molecule has 0 atom stereocenters. The lowest BCUT2D eigenvalue weighted by molar-refractivity contribution is 1.58. The molecule has 56 heavy (non-hydrogen) atoms. The Hall–Kier alpha value is -7.28. The van der Waals surface area contributed by atoms with Crippen LogP contribution in [0.5, 0.6) is 0 Å². The van der Waals surface area contributed by atoms with Gasteiger partial charge in [0, 0.05) is 0 Å². The van der Waals surface area contributed by atoms with Crippen molar-refractivity contribution < 1.29 is 0 Å². The Balaban J connectivity index is 1.16. The molecule has 13 rings (SSSR count). The Morgan fingerprint density at radius 3 is 1.14 bits per heavy atom. The number of hydrogen-bond acceptors (Lipinski definition) is 0. The fourth-order valence-corrected chi connectivity index (χ4v) is 10.1. The maximum Gasteiger partial charge on any atom is -0.00264 e. The summed E-state index contributed by atoms with van der Waals surface area (Å²) < 4.78 is 0. The monoisotopic (exact) mass is 704 g/mol. The summed E-state index contributed by atoms with van der Waals surface area (Å²) in [5.74, 6) is 0. The van der Waals surface area contributed by atoms with E-state index in [1.54, 1.807) is 0 Å². The van der Waals surface area contributed by atoms with E-state index in [1.807, 2.05) is 0 Å². The van der Waals surface area contributed by atoms with Gasteiger partial charge in [-0.3, -0.25) is 0 Å². The zero-order valence-corrected chi connectivity index (χ0v) is 30.5. The molecule has 0 radical (unpaired) electrons. The summed E-state index contributed by atoms with van der Waals surface area (Å²) in [6.45, 7) is 0. The quantitative estimate of drug-likeness (QED) is 0.161. The minimum Gasteiger partial charge on any atom is -0.0622 e. The van der Waals surface area contributed by atoms with Gasteiger partial charge in [-0.1, -0.05) is 146 Å². The molecule has 0 amide bonds. The lowest BCUT2D eigenvalue weighted by Crippen LogP contribution is -1.91. The Morgan fingerprint density at radius 2 is 0.607 bits per heavy atom. The largest absolute Gasteiger partial charge is 0.0622 e. The van der Waals surface area contributed by atoms with Gasteiger partial charge in [0.25, 0.3) is 0 Å². The van der Waals surface area contributed by atoms with E-state index in [9.17, 15) is 0 Å². The molecule has 0 aromatic heterocycles. The van der Waals surface area contributed by atoms with Gasteiger partial charge in [-0.2, -0.15) is 0 Å². The van der Waals surface area contributed by atoms with Gasteiger partial charge >= 0.3 is 0 Å². The van der Waals surface area contributed by atoms with Crippen LogP contribution in [-0.2, 0) is 0 Å². The average molecular weight is 705 g/mol. The van der Waals surface area contributed by atoms with Crippen LogP contribution in [0.3, 0.4) is 0 Å². The Morgan fingerprint density at radius 1 is 0.179 bits per heavy atom. The van der Waals surface area contributed by atoms with Crippen LogP contribution in [0.15, 0.2) is 194 Å². The van der Waals surface area contributed by atoms with Crippen LogP contribution in [0, 0.1) is 0 Å². The standard InChI is InChI=1S/C56H32/c1-3-11-33(12-4-1)38-25-39(34-13-5-2-6-14-34)27-40(26-38)47-30-49-41(50-31-52-44-21-9-17-36-18-10-22-45(56(36)44)53(52)32-54(47)50)24-23-37-28-48-42-19-7-15-35-16-8-20-43(55(35)42)51(48)29-46(37)49/h1-32H. The fraction of sp³-hybridized carbons (Fsp3) is 0. The van der Waals surface area contributed by atoms with E-state index in [1.165, 1.54) is 132 Å². The topological polar surface area (TPSA) is 0 Å². The van der Waals surface area contributed by atoms with E-state index < -0.39 is 0 Å². The van der Waals surface area contributed by atoms with Crippen molar-refractivity contribution in [2.24, 2.45) is 0 Å². The van der Waals surface area contributed by atoms with Crippen molar-refractivity contribution >= 4 is 53.9 Å². The summed E-state index contributed by atoms with van der Waals surface area (Å²) >= 11 is 0. The average Bonchev–Trinajstić information content (AvgIpc) is 3.75. The SMILES string of the molecule is c1ccc(-c2cc(-c3ccccc3)cc(-c3cc4c5cc6c(cc5ccc4c4cc5c(cc34)-c3cccc4cccc-5c34)-c3cccc4cccc-6c34)c2)cc1. The van der Waals surface area contributed by atoms with Crippen LogP contribution in [0.1, 0.15) is 0 Å². The summed E-state index contributed by atoms with van der Waals surface area (Å²) in [4.78, 5) is 0. The lowest BCUT2D eigenvalue weighted by Gasteiger charge is -2.18. The predicted molar refractivity (Wildman–Crippen MR) is 239 cm³/mol. The molecule has 0 aliphatic heterocycles. The highest BCUT2D eigenvalue weighted by Crippen LogP contribution is 2.53. The second-order valence-electron chi connectivity index (χ2n) is 15.6. The highest BCUT2D eigenvalue weighted by Gasteiger charge is 2.25. The van der Waals surface area contributed by atoms with Gasteiger partial charge in [-0.05, 0) is 180 Å². The van der Waals surface area contributed by atoms with Crippen LogP contribution in [0.25, 0.3) is 132 Å². The highest BCUT2D eigenvalue weighted by atomic mass is 14.3. The van der Waals surface area contributed by atoms with Crippen LogP contribution in [-0.4, -0.2) is 0 Å². The predicted octanol–water partition coefficient (Wildman–Crippen LogP) is 15.7. The lowest BCUT2D eigenvalue weighted by atomic mass is 9.86. The van der Waals surface area contributed by atoms with E-state index in [-0.39, 0.29) is 0 Å². The maximum absolute atomic E-state index is 2.50. The molecule has 256 valence electrons. The Bertz CT molecular complexity index is 3430. The summed E-state index contributed by atoms with van der Waals surface area (Å²) in [5.41, 5.74) is 18.0. The molecule has 2 aliphatic rings. The van der Waals surface area contributed by atoms with Crippen LogP contribution < -0.4 is 0 Å². The minimum atomic E-state index is 1.22. The second kappa shape index (κ2) is 11.1.